The van der Waals surface area contributed by atoms with Gasteiger partial charge in [-0.25, -0.2) is 0 Å². The zero-order valence-electron chi connectivity index (χ0n) is 7.03. The smallest absolute Gasteiger partial charge is 0.0323 e. The summed E-state index contributed by atoms with van der Waals surface area (Å²) in [7, 11) is 0. The van der Waals surface area contributed by atoms with Crippen molar-refractivity contribution in [2.24, 2.45) is 5.92 Å². The predicted molar refractivity (Wildman–Crippen MR) is 46.0 cm³/mol. The maximum atomic E-state index is 3.92. The highest BCUT2D eigenvalue weighted by atomic mass is 14.2. The Hall–Kier alpha value is -0.260. The lowest BCUT2D eigenvalue weighted by atomic mass is 10.00. The molecule has 0 saturated heterocycles. The van der Waals surface area contributed by atoms with E-state index in [-0.39, 0.29) is 0 Å². The minimum Gasteiger partial charge on any atom is -0.100 e. The minimum atomic E-state index is 1.04. The highest BCUT2D eigenvalue weighted by Gasteiger charge is 2.13. The van der Waals surface area contributed by atoms with Crippen molar-refractivity contribution >= 4 is 0 Å². The summed E-state index contributed by atoms with van der Waals surface area (Å²) in [6, 6.07) is 0. The maximum Gasteiger partial charge on any atom is -0.0323 e. The number of rotatable bonds is 3. The summed E-state index contributed by atoms with van der Waals surface area (Å²) < 4.78 is 0. The second-order valence-corrected chi connectivity index (χ2v) is 3.65. The van der Waals surface area contributed by atoms with E-state index in [9.17, 15) is 0 Å². The van der Waals surface area contributed by atoms with Gasteiger partial charge in [-0.15, -0.1) is 6.58 Å². The van der Waals surface area contributed by atoms with Gasteiger partial charge in [0.1, 0.15) is 0 Å². The van der Waals surface area contributed by atoms with Crippen molar-refractivity contribution in [3.05, 3.63) is 12.2 Å². The van der Waals surface area contributed by atoms with Crippen LogP contribution in [0, 0.1) is 5.92 Å². The second kappa shape index (κ2) is 3.80. The first-order valence-corrected chi connectivity index (χ1v) is 4.43. The van der Waals surface area contributed by atoms with E-state index in [1.54, 1.807) is 0 Å². The SMILES string of the molecule is C=C(C)CCC1CCCC1. The largest absolute Gasteiger partial charge is 0.100 e. The van der Waals surface area contributed by atoms with Crippen LogP contribution >= 0.6 is 0 Å². The van der Waals surface area contributed by atoms with Gasteiger partial charge in [0.25, 0.3) is 0 Å². The third-order valence-electron chi connectivity index (χ3n) is 2.45. The van der Waals surface area contributed by atoms with Crippen LogP contribution in [0.1, 0.15) is 45.4 Å². The Morgan fingerprint density at radius 1 is 1.40 bits per heavy atom. The van der Waals surface area contributed by atoms with Crippen molar-refractivity contribution in [3.8, 4) is 0 Å². The van der Waals surface area contributed by atoms with Crippen LogP contribution in [0.15, 0.2) is 12.2 Å². The molecule has 10 heavy (non-hydrogen) atoms. The number of hydrogen-bond donors (Lipinski definition) is 0. The normalized spacial score (nSPS) is 19.7. The number of allylic oxidation sites excluding steroid dienone is 1. The molecule has 0 aromatic carbocycles. The van der Waals surface area contributed by atoms with Gasteiger partial charge in [0.2, 0.25) is 0 Å². The van der Waals surface area contributed by atoms with Gasteiger partial charge in [0, 0.05) is 0 Å². The molecule has 0 heterocycles. The lowest BCUT2D eigenvalue weighted by Crippen LogP contribution is -1.92. The number of hydrogen-bond acceptors (Lipinski definition) is 0. The topological polar surface area (TPSA) is 0 Å². The molecule has 0 aliphatic heterocycles. The van der Waals surface area contributed by atoms with Gasteiger partial charge in [-0.1, -0.05) is 31.3 Å². The summed E-state index contributed by atoms with van der Waals surface area (Å²) in [6.07, 6.45) is 8.56. The standard InChI is InChI=1S/C10H18/c1-9(2)7-8-10-5-3-4-6-10/h10H,1,3-8H2,2H3. The van der Waals surface area contributed by atoms with Crippen LogP contribution in [0.3, 0.4) is 0 Å². The third kappa shape index (κ3) is 2.55. The highest BCUT2D eigenvalue weighted by Crippen LogP contribution is 2.29. The molecule has 1 aliphatic carbocycles. The molecule has 0 radical (unpaired) electrons. The van der Waals surface area contributed by atoms with Crippen LogP contribution in [0.4, 0.5) is 0 Å². The van der Waals surface area contributed by atoms with Gasteiger partial charge in [-0.3, -0.25) is 0 Å². The van der Waals surface area contributed by atoms with Crippen LogP contribution < -0.4 is 0 Å². The van der Waals surface area contributed by atoms with Crippen LogP contribution in [0.2, 0.25) is 0 Å². The van der Waals surface area contributed by atoms with Crippen molar-refractivity contribution < 1.29 is 0 Å². The molecule has 58 valence electrons. The van der Waals surface area contributed by atoms with Crippen LogP contribution in [-0.4, -0.2) is 0 Å². The van der Waals surface area contributed by atoms with E-state index < -0.39 is 0 Å². The summed E-state index contributed by atoms with van der Waals surface area (Å²) in [4.78, 5) is 0. The van der Waals surface area contributed by atoms with Crippen molar-refractivity contribution in [1.29, 1.82) is 0 Å². The molecule has 1 aliphatic rings. The first-order chi connectivity index (χ1) is 4.79. The molecule has 0 N–H and O–H groups in total. The van der Waals surface area contributed by atoms with E-state index in [0.717, 1.165) is 5.92 Å². The minimum absolute atomic E-state index is 1.04. The van der Waals surface area contributed by atoms with Gasteiger partial charge in [0.15, 0.2) is 0 Å². The zero-order valence-corrected chi connectivity index (χ0v) is 7.03. The second-order valence-electron chi connectivity index (χ2n) is 3.65. The van der Waals surface area contributed by atoms with E-state index >= 15 is 0 Å². The fourth-order valence-electron chi connectivity index (χ4n) is 1.75. The Morgan fingerprint density at radius 3 is 2.50 bits per heavy atom. The molecule has 0 unspecified atom stereocenters. The van der Waals surface area contributed by atoms with E-state index in [1.807, 2.05) is 0 Å². The molecule has 1 rings (SSSR count). The Balaban J connectivity index is 2.07. The maximum absolute atomic E-state index is 3.92. The summed E-state index contributed by atoms with van der Waals surface area (Å²) in [5, 5.41) is 0. The average molecular weight is 138 g/mol. The lowest BCUT2D eigenvalue weighted by molar-refractivity contribution is 0.503. The highest BCUT2D eigenvalue weighted by molar-refractivity contribution is 4.88. The van der Waals surface area contributed by atoms with E-state index in [1.165, 1.54) is 44.1 Å². The van der Waals surface area contributed by atoms with Gasteiger partial charge in [-0.05, 0) is 25.7 Å². The van der Waals surface area contributed by atoms with E-state index in [4.69, 9.17) is 0 Å². The predicted octanol–water partition coefficient (Wildman–Crippen LogP) is 3.53. The van der Waals surface area contributed by atoms with Crippen LogP contribution in [-0.2, 0) is 0 Å². The average Bonchev–Trinajstić information content (AvgIpc) is 2.34. The Morgan fingerprint density at radius 2 is 2.00 bits per heavy atom. The van der Waals surface area contributed by atoms with Gasteiger partial charge >= 0.3 is 0 Å². The Labute approximate surface area is 64.3 Å². The summed E-state index contributed by atoms with van der Waals surface area (Å²) >= 11 is 0. The molecule has 0 aromatic rings. The molecule has 0 heteroatoms. The van der Waals surface area contributed by atoms with Gasteiger partial charge in [0.05, 0.1) is 0 Å². The molecule has 1 saturated carbocycles. The van der Waals surface area contributed by atoms with Crippen molar-refractivity contribution in [1.82, 2.24) is 0 Å². The molecule has 0 amide bonds. The lowest BCUT2D eigenvalue weighted by Gasteiger charge is -2.06. The first kappa shape index (κ1) is 7.84. The van der Waals surface area contributed by atoms with E-state index in [2.05, 4.69) is 13.5 Å². The summed E-state index contributed by atoms with van der Waals surface area (Å²) in [5.74, 6) is 1.04. The van der Waals surface area contributed by atoms with Crippen molar-refractivity contribution in [2.45, 2.75) is 45.4 Å². The van der Waals surface area contributed by atoms with Gasteiger partial charge < -0.3 is 0 Å². The quantitative estimate of drug-likeness (QED) is 0.523. The molecular weight excluding hydrogens is 120 g/mol. The Kier molecular flexibility index (Phi) is 2.98. The fourth-order valence-corrected chi connectivity index (χ4v) is 1.75. The molecule has 0 spiro atoms. The van der Waals surface area contributed by atoms with Crippen molar-refractivity contribution in [2.75, 3.05) is 0 Å². The van der Waals surface area contributed by atoms with Gasteiger partial charge in [-0.2, -0.15) is 0 Å². The van der Waals surface area contributed by atoms with E-state index in [0.29, 0.717) is 0 Å². The molecule has 0 aromatic heterocycles. The zero-order chi connectivity index (χ0) is 7.40. The van der Waals surface area contributed by atoms with Crippen molar-refractivity contribution in [3.63, 3.8) is 0 Å². The molecule has 0 atom stereocenters. The molecule has 1 fully saturated rings. The van der Waals surface area contributed by atoms with Crippen LogP contribution in [0.5, 0.6) is 0 Å². The molecular formula is C10H18. The summed E-state index contributed by atoms with van der Waals surface area (Å²) in [5.41, 5.74) is 1.35. The fraction of sp³-hybridized carbons (Fsp3) is 0.800. The monoisotopic (exact) mass is 138 g/mol. The van der Waals surface area contributed by atoms with Crippen LogP contribution in [0.25, 0.3) is 0 Å². The summed E-state index contributed by atoms with van der Waals surface area (Å²) in [6.45, 7) is 6.05. The molecule has 0 bridgehead atoms. The third-order valence-corrected chi connectivity index (χ3v) is 2.45. The Bertz CT molecular complexity index is 107. The first-order valence-electron chi connectivity index (χ1n) is 4.43. The molecule has 0 nitrogen and oxygen atoms in total.